The van der Waals surface area contributed by atoms with E-state index in [9.17, 15) is 0 Å². The van der Waals surface area contributed by atoms with Gasteiger partial charge >= 0.3 is 0 Å². The number of nitrogens with two attached hydrogens (primary N) is 2. The number of benzene rings is 1. The Labute approximate surface area is 85.0 Å². The Kier molecular flexibility index (Phi) is 3.49. The van der Waals surface area contributed by atoms with Crippen molar-refractivity contribution in [2.24, 2.45) is 11.5 Å². The molecular formula is C11H18N2O. The molecule has 0 aromatic heterocycles. The molecule has 78 valence electrons. The quantitative estimate of drug-likeness (QED) is 0.761. The third-order valence-corrected chi connectivity index (χ3v) is 2.31. The number of methoxy groups -OCH3 is 1. The van der Waals surface area contributed by atoms with Gasteiger partial charge in [0.25, 0.3) is 0 Å². The lowest BCUT2D eigenvalue weighted by Crippen LogP contribution is -2.21. The second kappa shape index (κ2) is 4.44. The van der Waals surface area contributed by atoms with Crippen LogP contribution in [-0.4, -0.2) is 13.7 Å². The van der Waals surface area contributed by atoms with Crippen LogP contribution in [0.4, 0.5) is 0 Å². The van der Waals surface area contributed by atoms with Crippen LogP contribution in [0.15, 0.2) is 12.1 Å². The largest absolute Gasteiger partial charge is 0.496 e. The van der Waals surface area contributed by atoms with E-state index in [2.05, 4.69) is 6.07 Å². The molecule has 0 aliphatic carbocycles. The topological polar surface area (TPSA) is 61.3 Å². The molecule has 3 nitrogen and oxygen atoms in total. The molecule has 1 atom stereocenters. The van der Waals surface area contributed by atoms with E-state index in [1.165, 1.54) is 5.56 Å². The average Bonchev–Trinajstić information content (AvgIpc) is 2.15. The smallest absolute Gasteiger partial charge is 0.126 e. The fourth-order valence-corrected chi connectivity index (χ4v) is 1.67. The number of aryl methyl sites for hydroxylation is 2. The van der Waals surface area contributed by atoms with Crippen LogP contribution in [0.5, 0.6) is 5.75 Å². The van der Waals surface area contributed by atoms with E-state index in [0.717, 1.165) is 16.9 Å². The molecule has 14 heavy (non-hydrogen) atoms. The van der Waals surface area contributed by atoms with Crippen LogP contribution >= 0.6 is 0 Å². The normalized spacial score (nSPS) is 12.6. The standard InChI is InChI=1S/C11H18N2O/c1-7-4-8(2)11(14-3)9(5-7)10(13)6-12/h4-5,10H,6,12-13H2,1-3H3. The summed E-state index contributed by atoms with van der Waals surface area (Å²) >= 11 is 0. The number of hydrogen-bond donors (Lipinski definition) is 2. The van der Waals surface area contributed by atoms with Crippen LogP contribution in [-0.2, 0) is 0 Å². The molecular weight excluding hydrogens is 176 g/mol. The van der Waals surface area contributed by atoms with Crippen molar-refractivity contribution in [2.75, 3.05) is 13.7 Å². The van der Waals surface area contributed by atoms with Gasteiger partial charge in [0.05, 0.1) is 7.11 Å². The van der Waals surface area contributed by atoms with Crippen molar-refractivity contribution in [3.63, 3.8) is 0 Å². The van der Waals surface area contributed by atoms with Crippen molar-refractivity contribution in [3.05, 3.63) is 28.8 Å². The number of hydrogen-bond acceptors (Lipinski definition) is 3. The molecule has 4 N–H and O–H groups in total. The van der Waals surface area contributed by atoms with Crippen molar-refractivity contribution >= 4 is 0 Å². The summed E-state index contributed by atoms with van der Waals surface area (Å²) in [5.74, 6) is 0.855. The van der Waals surface area contributed by atoms with E-state index >= 15 is 0 Å². The molecule has 0 spiro atoms. The molecule has 3 heteroatoms. The van der Waals surface area contributed by atoms with E-state index in [1.807, 2.05) is 19.9 Å². The average molecular weight is 194 g/mol. The van der Waals surface area contributed by atoms with Crippen molar-refractivity contribution in [2.45, 2.75) is 19.9 Å². The van der Waals surface area contributed by atoms with E-state index in [0.29, 0.717) is 6.54 Å². The van der Waals surface area contributed by atoms with Crippen molar-refractivity contribution in [1.29, 1.82) is 0 Å². The van der Waals surface area contributed by atoms with E-state index < -0.39 is 0 Å². The highest BCUT2D eigenvalue weighted by molar-refractivity contribution is 5.45. The first kappa shape index (κ1) is 11.0. The third-order valence-electron chi connectivity index (χ3n) is 2.31. The second-order valence-corrected chi connectivity index (χ2v) is 3.55. The summed E-state index contributed by atoms with van der Waals surface area (Å²) in [5, 5.41) is 0. The Morgan fingerprint density at radius 2 is 2.00 bits per heavy atom. The maximum absolute atomic E-state index is 5.90. The lowest BCUT2D eigenvalue weighted by atomic mass is 10.0. The third kappa shape index (κ3) is 2.05. The fraction of sp³-hybridized carbons (Fsp3) is 0.455. The fourth-order valence-electron chi connectivity index (χ4n) is 1.67. The summed E-state index contributed by atoms with van der Waals surface area (Å²) in [6.45, 7) is 4.48. The van der Waals surface area contributed by atoms with Gasteiger partial charge in [-0.15, -0.1) is 0 Å². The zero-order valence-electron chi connectivity index (χ0n) is 9.00. The Morgan fingerprint density at radius 3 is 2.50 bits per heavy atom. The Bertz CT molecular complexity index is 323. The van der Waals surface area contributed by atoms with Crippen LogP contribution in [0.2, 0.25) is 0 Å². The Morgan fingerprint density at radius 1 is 1.36 bits per heavy atom. The predicted molar refractivity (Wildman–Crippen MR) is 58.5 cm³/mol. The van der Waals surface area contributed by atoms with Gasteiger partial charge in [0.15, 0.2) is 0 Å². The minimum absolute atomic E-state index is 0.149. The molecule has 1 rings (SSSR count). The minimum Gasteiger partial charge on any atom is -0.496 e. The molecule has 0 aliphatic rings. The van der Waals surface area contributed by atoms with Gasteiger partial charge in [-0.3, -0.25) is 0 Å². The zero-order valence-corrected chi connectivity index (χ0v) is 9.00. The van der Waals surface area contributed by atoms with Crippen LogP contribution in [0.25, 0.3) is 0 Å². The highest BCUT2D eigenvalue weighted by atomic mass is 16.5. The minimum atomic E-state index is -0.149. The first-order valence-corrected chi connectivity index (χ1v) is 4.71. The number of rotatable bonds is 3. The SMILES string of the molecule is COc1c(C)cc(C)cc1C(N)CN. The molecule has 0 bridgehead atoms. The van der Waals surface area contributed by atoms with Crippen LogP contribution < -0.4 is 16.2 Å². The summed E-state index contributed by atoms with van der Waals surface area (Å²) in [6.07, 6.45) is 0. The van der Waals surface area contributed by atoms with E-state index in [4.69, 9.17) is 16.2 Å². The lowest BCUT2D eigenvalue weighted by Gasteiger charge is -2.16. The molecule has 1 aromatic rings. The molecule has 0 saturated carbocycles. The maximum Gasteiger partial charge on any atom is 0.126 e. The van der Waals surface area contributed by atoms with Gasteiger partial charge < -0.3 is 16.2 Å². The van der Waals surface area contributed by atoms with Crippen molar-refractivity contribution in [3.8, 4) is 5.75 Å². The van der Waals surface area contributed by atoms with Gasteiger partial charge in [-0.25, -0.2) is 0 Å². The zero-order chi connectivity index (χ0) is 10.7. The monoisotopic (exact) mass is 194 g/mol. The molecule has 0 fully saturated rings. The lowest BCUT2D eigenvalue weighted by molar-refractivity contribution is 0.402. The second-order valence-electron chi connectivity index (χ2n) is 3.55. The summed E-state index contributed by atoms with van der Waals surface area (Å²) in [4.78, 5) is 0. The molecule has 0 radical (unpaired) electrons. The summed E-state index contributed by atoms with van der Waals surface area (Å²) < 4.78 is 5.32. The predicted octanol–water partition coefficient (Wildman–Crippen LogP) is 1.27. The van der Waals surface area contributed by atoms with Gasteiger partial charge in [-0.1, -0.05) is 17.7 Å². The Balaban J connectivity index is 3.24. The van der Waals surface area contributed by atoms with Gasteiger partial charge in [0, 0.05) is 18.2 Å². The Hall–Kier alpha value is -1.06. The molecule has 0 amide bonds. The maximum atomic E-state index is 5.90. The van der Waals surface area contributed by atoms with Crippen molar-refractivity contribution in [1.82, 2.24) is 0 Å². The first-order valence-electron chi connectivity index (χ1n) is 4.71. The van der Waals surface area contributed by atoms with Gasteiger partial charge in [-0.05, 0) is 19.4 Å². The first-order chi connectivity index (χ1) is 6.60. The van der Waals surface area contributed by atoms with Crippen molar-refractivity contribution < 1.29 is 4.74 Å². The van der Waals surface area contributed by atoms with Gasteiger partial charge in [-0.2, -0.15) is 0 Å². The van der Waals surface area contributed by atoms with Crippen LogP contribution in [0.1, 0.15) is 22.7 Å². The van der Waals surface area contributed by atoms with Gasteiger partial charge in [0.1, 0.15) is 5.75 Å². The molecule has 0 saturated heterocycles. The highest BCUT2D eigenvalue weighted by Crippen LogP contribution is 2.28. The summed E-state index contributed by atoms with van der Waals surface area (Å²) in [6, 6.07) is 3.96. The van der Waals surface area contributed by atoms with Crippen LogP contribution in [0, 0.1) is 13.8 Å². The summed E-state index contributed by atoms with van der Waals surface area (Å²) in [5.41, 5.74) is 14.7. The van der Waals surface area contributed by atoms with E-state index in [1.54, 1.807) is 7.11 Å². The number of ether oxygens (including phenoxy) is 1. The highest BCUT2D eigenvalue weighted by Gasteiger charge is 2.12. The van der Waals surface area contributed by atoms with Crippen LogP contribution in [0.3, 0.4) is 0 Å². The van der Waals surface area contributed by atoms with E-state index in [-0.39, 0.29) is 6.04 Å². The molecule has 0 aliphatic heterocycles. The molecule has 1 aromatic carbocycles. The molecule has 0 heterocycles. The summed E-state index contributed by atoms with van der Waals surface area (Å²) in [7, 11) is 1.66. The molecule has 1 unspecified atom stereocenters. The van der Waals surface area contributed by atoms with Gasteiger partial charge in [0.2, 0.25) is 0 Å².